The Bertz CT molecular complexity index is 781. The van der Waals surface area contributed by atoms with E-state index in [0.717, 1.165) is 11.1 Å². The van der Waals surface area contributed by atoms with Crippen molar-refractivity contribution in [3.8, 4) is 0 Å². The lowest BCUT2D eigenvalue weighted by molar-refractivity contribution is -0.135. The number of nitrogens with one attached hydrogen (secondary N) is 3. The Morgan fingerprint density at radius 1 is 0.893 bits per heavy atom. The summed E-state index contributed by atoms with van der Waals surface area (Å²) in [4.78, 5) is 36.4. The number of carbonyl (C=O) groups is 3. The van der Waals surface area contributed by atoms with Gasteiger partial charge in [0.15, 0.2) is 0 Å². The highest BCUT2D eigenvalue weighted by molar-refractivity contribution is 5.90. The molecule has 7 nitrogen and oxygen atoms in total. The minimum Gasteiger partial charge on any atom is -0.350 e. The van der Waals surface area contributed by atoms with E-state index in [4.69, 9.17) is 5.21 Å². The van der Waals surface area contributed by atoms with Crippen molar-refractivity contribution >= 4 is 17.7 Å². The fourth-order valence-corrected chi connectivity index (χ4v) is 2.70. The molecule has 7 heteroatoms. The molecule has 2 aromatic carbocycles. The maximum Gasteiger partial charge on any atom is 0.244 e. The smallest absolute Gasteiger partial charge is 0.244 e. The molecule has 2 rings (SSSR count). The summed E-state index contributed by atoms with van der Waals surface area (Å²) in [5.41, 5.74) is 3.37. The molecule has 0 heterocycles. The van der Waals surface area contributed by atoms with Gasteiger partial charge >= 0.3 is 0 Å². The average molecular weight is 383 g/mol. The summed E-state index contributed by atoms with van der Waals surface area (Å²) in [6.07, 6.45) is 0.151. The lowest BCUT2D eigenvalue weighted by Gasteiger charge is -2.21. The van der Waals surface area contributed by atoms with Crippen molar-refractivity contribution in [2.24, 2.45) is 5.92 Å². The molecule has 0 saturated heterocycles. The zero-order valence-corrected chi connectivity index (χ0v) is 15.7. The summed E-state index contributed by atoms with van der Waals surface area (Å²) >= 11 is 0. The summed E-state index contributed by atoms with van der Waals surface area (Å²) < 4.78 is 0. The summed E-state index contributed by atoms with van der Waals surface area (Å²) in [6, 6.07) is 18.1. The van der Waals surface area contributed by atoms with Gasteiger partial charge in [0.2, 0.25) is 17.7 Å². The standard InChI is InChI=1S/C21H25N3O4/c1-15(12-19(25)24-28)20(26)23-18(13-16-8-4-2-5-9-16)21(27)22-14-17-10-6-3-7-11-17/h2-11,15,18,28H,12-14H2,1H3,(H,22,27)(H,23,26)(H,24,25)/t15-,18+/m1/s1. The Labute approximate surface area is 164 Å². The predicted molar refractivity (Wildman–Crippen MR) is 104 cm³/mol. The summed E-state index contributed by atoms with van der Waals surface area (Å²) in [5.74, 6) is -2.08. The molecule has 0 bridgehead atoms. The fraction of sp³-hybridized carbons (Fsp3) is 0.286. The van der Waals surface area contributed by atoms with Crippen LogP contribution in [-0.4, -0.2) is 29.0 Å². The van der Waals surface area contributed by atoms with Crippen LogP contribution < -0.4 is 16.1 Å². The van der Waals surface area contributed by atoms with E-state index in [1.807, 2.05) is 60.7 Å². The average Bonchev–Trinajstić information content (AvgIpc) is 2.72. The number of rotatable bonds is 9. The molecular weight excluding hydrogens is 358 g/mol. The third kappa shape index (κ3) is 6.85. The van der Waals surface area contributed by atoms with Crippen molar-refractivity contribution in [3.63, 3.8) is 0 Å². The van der Waals surface area contributed by atoms with E-state index in [1.54, 1.807) is 6.92 Å². The van der Waals surface area contributed by atoms with Crippen molar-refractivity contribution in [2.45, 2.75) is 32.4 Å². The van der Waals surface area contributed by atoms with E-state index in [2.05, 4.69) is 10.6 Å². The Morgan fingerprint density at radius 3 is 2.04 bits per heavy atom. The molecule has 0 radical (unpaired) electrons. The second-order valence-electron chi connectivity index (χ2n) is 6.59. The van der Waals surface area contributed by atoms with Crippen molar-refractivity contribution < 1.29 is 19.6 Å². The zero-order chi connectivity index (χ0) is 20.4. The summed E-state index contributed by atoms with van der Waals surface area (Å²) in [5, 5.41) is 14.2. The largest absolute Gasteiger partial charge is 0.350 e. The maximum absolute atomic E-state index is 12.7. The molecule has 3 amide bonds. The topological polar surface area (TPSA) is 108 Å². The highest BCUT2D eigenvalue weighted by atomic mass is 16.5. The van der Waals surface area contributed by atoms with E-state index in [1.165, 1.54) is 5.48 Å². The van der Waals surface area contributed by atoms with E-state index < -0.39 is 23.8 Å². The third-order valence-corrected chi connectivity index (χ3v) is 4.29. The molecule has 0 saturated carbocycles. The number of hydroxylamine groups is 1. The SMILES string of the molecule is C[C@H](CC(=O)NO)C(=O)N[C@@H](Cc1ccccc1)C(=O)NCc1ccccc1. The summed E-state index contributed by atoms with van der Waals surface area (Å²) in [7, 11) is 0. The van der Waals surface area contributed by atoms with Gasteiger partial charge in [-0.15, -0.1) is 0 Å². The highest BCUT2D eigenvalue weighted by Gasteiger charge is 2.25. The van der Waals surface area contributed by atoms with Crippen molar-refractivity contribution in [1.82, 2.24) is 16.1 Å². The molecule has 0 aliphatic rings. The molecule has 28 heavy (non-hydrogen) atoms. The molecule has 4 N–H and O–H groups in total. The van der Waals surface area contributed by atoms with Gasteiger partial charge in [-0.25, -0.2) is 5.48 Å². The first-order valence-corrected chi connectivity index (χ1v) is 9.08. The molecular formula is C21H25N3O4. The molecule has 0 aliphatic carbocycles. The number of amides is 3. The van der Waals surface area contributed by atoms with Crippen LogP contribution in [0.2, 0.25) is 0 Å². The van der Waals surface area contributed by atoms with Crippen LogP contribution in [0.1, 0.15) is 24.5 Å². The van der Waals surface area contributed by atoms with Crippen molar-refractivity contribution in [2.75, 3.05) is 0 Å². The fourth-order valence-electron chi connectivity index (χ4n) is 2.70. The first-order valence-electron chi connectivity index (χ1n) is 9.08. The third-order valence-electron chi connectivity index (χ3n) is 4.29. The number of benzene rings is 2. The van der Waals surface area contributed by atoms with Crippen LogP contribution in [0.15, 0.2) is 60.7 Å². The van der Waals surface area contributed by atoms with Gasteiger partial charge in [0.1, 0.15) is 6.04 Å². The Morgan fingerprint density at radius 2 is 1.46 bits per heavy atom. The Balaban J connectivity index is 2.04. The molecule has 2 atom stereocenters. The van der Waals surface area contributed by atoms with Gasteiger partial charge in [0.25, 0.3) is 0 Å². The van der Waals surface area contributed by atoms with Crippen molar-refractivity contribution in [3.05, 3.63) is 71.8 Å². The molecule has 0 fully saturated rings. The number of hydrogen-bond acceptors (Lipinski definition) is 4. The predicted octanol–water partition coefficient (Wildman–Crippen LogP) is 1.56. The van der Waals surface area contributed by atoms with Crippen LogP contribution >= 0.6 is 0 Å². The minimum atomic E-state index is -0.779. The maximum atomic E-state index is 12.7. The number of hydrogen-bond donors (Lipinski definition) is 4. The molecule has 0 unspecified atom stereocenters. The van der Waals surface area contributed by atoms with E-state index in [0.29, 0.717) is 13.0 Å². The van der Waals surface area contributed by atoms with E-state index in [-0.39, 0.29) is 12.3 Å². The lowest BCUT2D eigenvalue weighted by Crippen LogP contribution is -2.49. The minimum absolute atomic E-state index is 0.175. The van der Waals surface area contributed by atoms with Crippen LogP contribution in [0.25, 0.3) is 0 Å². The second kappa shape index (κ2) is 10.8. The van der Waals surface area contributed by atoms with Gasteiger partial charge < -0.3 is 10.6 Å². The van der Waals surface area contributed by atoms with Gasteiger partial charge in [-0.2, -0.15) is 0 Å². The van der Waals surface area contributed by atoms with Crippen LogP contribution in [0, 0.1) is 5.92 Å². The Kier molecular flexibility index (Phi) is 8.17. The van der Waals surface area contributed by atoms with E-state index in [9.17, 15) is 14.4 Å². The normalized spacial score (nSPS) is 12.5. The molecule has 2 aromatic rings. The van der Waals surface area contributed by atoms with Gasteiger partial charge in [0, 0.05) is 25.3 Å². The van der Waals surface area contributed by atoms with Crippen LogP contribution in [0.3, 0.4) is 0 Å². The van der Waals surface area contributed by atoms with Crippen molar-refractivity contribution in [1.29, 1.82) is 0 Å². The first-order chi connectivity index (χ1) is 13.5. The van der Waals surface area contributed by atoms with E-state index >= 15 is 0 Å². The first kappa shape index (κ1) is 21.1. The van der Waals surface area contributed by atoms with Crippen LogP contribution in [0.5, 0.6) is 0 Å². The summed E-state index contributed by atoms with van der Waals surface area (Å²) in [6.45, 7) is 1.91. The van der Waals surface area contributed by atoms with Crippen LogP contribution in [0.4, 0.5) is 0 Å². The quantitative estimate of drug-likeness (QED) is 0.389. The van der Waals surface area contributed by atoms with Gasteiger partial charge in [-0.1, -0.05) is 67.6 Å². The number of carbonyl (C=O) groups excluding carboxylic acids is 3. The zero-order valence-electron chi connectivity index (χ0n) is 15.7. The molecule has 0 aliphatic heterocycles. The Hall–Kier alpha value is -3.19. The molecule has 0 aromatic heterocycles. The van der Waals surface area contributed by atoms with Gasteiger partial charge in [-0.05, 0) is 11.1 Å². The molecule has 0 spiro atoms. The van der Waals surface area contributed by atoms with Gasteiger partial charge in [-0.3, -0.25) is 19.6 Å². The lowest BCUT2D eigenvalue weighted by atomic mass is 10.0. The van der Waals surface area contributed by atoms with Gasteiger partial charge in [0.05, 0.1) is 0 Å². The van der Waals surface area contributed by atoms with Crippen LogP contribution in [-0.2, 0) is 27.3 Å². The highest BCUT2D eigenvalue weighted by Crippen LogP contribution is 2.07. The molecule has 148 valence electrons. The second-order valence-corrected chi connectivity index (χ2v) is 6.59. The monoisotopic (exact) mass is 383 g/mol.